The van der Waals surface area contributed by atoms with Crippen LogP contribution in [0, 0.1) is 0 Å². The van der Waals surface area contributed by atoms with Gasteiger partial charge in [0.2, 0.25) is 0 Å². The molecular weight excluding hydrogens is 484 g/mol. The van der Waals surface area contributed by atoms with E-state index in [0.29, 0.717) is 38.0 Å². The van der Waals surface area contributed by atoms with Gasteiger partial charge in [0.15, 0.2) is 11.6 Å². The van der Waals surface area contributed by atoms with Crippen molar-refractivity contribution in [1.82, 2.24) is 20.0 Å². The van der Waals surface area contributed by atoms with E-state index in [-0.39, 0.29) is 11.8 Å². The number of ether oxygens (including phenoxy) is 2. The fraction of sp³-hybridized carbons (Fsp3) is 0.560. The molecule has 0 spiro atoms. The van der Waals surface area contributed by atoms with Gasteiger partial charge in [0, 0.05) is 77.3 Å². The average Bonchev–Trinajstić information content (AvgIpc) is 3.42. The van der Waals surface area contributed by atoms with Crippen molar-refractivity contribution >= 4 is 23.4 Å². The van der Waals surface area contributed by atoms with Crippen molar-refractivity contribution in [1.29, 1.82) is 0 Å². The fourth-order valence-electron chi connectivity index (χ4n) is 4.98. The SMILES string of the molecule is O=C(Nc1cccc(OC(F)F)c1)N1CCN(c2ccc(N3CCN(CC4CCCO4)CC3)nn2)CC1. The summed E-state index contributed by atoms with van der Waals surface area (Å²) < 4.78 is 35.0. The minimum Gasteiger partial charge on any atom is -0.435 e. The lowest BCUT2D eigenvalue weighted by atomic mass is 10.2. The Balaban J connectivity index is 1.07. The Morgan fingerprint density at radius 2 is 1.68 bits per heavy atom. The third kappa shape index (κ3) is 6.75. The zero-order valence-corrected chi connectivity index (χ0v) is 20.8. The molecule has 3 aliphatic heterocycles. The smallest absolute Gasteiger partial charge is 0.387 e. The highest BCUT2D eigenvalue weighted by atomic mass is 19.3. The van der Waals surface area contributed by atoms with Crippen molar-refractivity contribution in [2.24, 2.45) is 0 Å². The number of rotatable bonds is 7. The highest BCUT2D eigenvalue weighted by Crippen LogP contribution is 2.22. The summed E-state index contributed by atoms with van der Waals surface area (Å²) in [5.41, 5.74) is 0.403. The first-order chi connectivity index (χ1) is 18.0. The molecule has 2 aromatic rings. The van der Waals surface area contributed by atoms with Gasteiger partial charge < -0.3 is 29.5 Å². The molecule has 0 aliphatic carbocycles. The molecule has 3 fully saturated rings. The lowest BCUT2D eigenvalue weighted by molar-refractivity contribution is -0.0498. The molecule has 200 valence electrons. The second-order valence-electron chi connectivity index (χ2n) is 9.48. The first-order valence-electron chi connectivity index (χ1n) is 12.8. The number of urea groups is 1. The van der Waals surface area contributed by atoms with E-state index >= 15 is 0 Å². The summed E-state index contributed by atoms with van der Waals surface area (Å²) in [6, 6.07) is 9.71. The zero-order valence-electron chi connectivity index (χ0n) is 20.8. The van der Waals surface area contributed by atoms with Gasteiger partial charge in [0.25, 0.3) is 0 Å². The number of carbonyl (C=O) groups excluding carboxylic acids is 1. The minimum absolute atomic E-state index is 0.000180. The number of carbonyl (C=O) groups is 1. The second kappa shape index (κ2) is 11.9. The summed E-state index contributed by atoms with van der Waals surface area (Å²) in [5.74, 6) is 1.68. The molecule has 1 N–H and O–H groups in total. The maximum atomic E-state index is 12.6. The predicted molar refractivity (Wildman–Crippen MR) is 136 cm³/mol. The molecule has 1 aromatic carbocycles. The Morgan fingerprint density at radius 1 is 1.00 bits per heavy atom. The Kier molecular flexibility index (Phi) is 8.15. The second-order valence-corrected chi connectivity index (χ2v) is 9.48. The largest absolute Gasteiger partial charge is 0.435 e. The van der Waals surface area contributed by atoms with Gasteiger partial charge in [0.1, 0.15) is 5.75 Å². The van der Waals surface area contributed by atoms with Gasteiger partial charge in [-0.2, -0.15) is 8.78 Å². The number of hydrogen-bond acceptors (Lipinski definition) is 8. The van der Waals surface area contributed by atoms with E-state index in [1.54, 1.807) is 17.0 Å². The molecule has 1 aromatic heterocycles. The van der Waals surface area contributed by atoms with Gasteiger partial charge in [-0.15, -0.1) is 10.2 Å². The number of nitrogens with one attached hydrogen (secondary N) is 1. The number of aromatic nitrogens is 2. The molecule has 3 saturated heterocycles. The van der Waals surface area contributed by atoms with Gasteiger partial charge in [-0.1, -0.05) is 6.07 Å². The van der Waals surface area contributed by atoms with Crippen LogP contribution >= 0.6 is 0 Å². The normalized spacial score (nSPS) is 20.9. The van der Waals surface area contributed by atoms with Crippen molar-refractivity contribution in [2.45, 2.75) is 25.6 Å². The average molecular weight is 518 g/mol. The summed E-state index contributed by atoms with van der Waals surface area (Å²) in [7, 11) is 0. The van der Waals surface area contributed by atoms with Crippen LogP contribution in [0.1, 0.15) is 12.8 Å². The number of alkyl halides is 2. The monoisotopic (exact) mass is 517 g/mol. The first-order valence-corrected chi connectivity index (χ1v) is 12.8. The fourth-order valence-corrected chi connectivity index (χ4v) is 4.98. The van der Waals surface area contributed by atoms with Crippen LogP contribution < -0.4 is 19.9 Å². The molecule has 12 heteroatoms. The quantitative estimate of drug-likeness (QED) is 0.600. The van der Waals surface area contributed by atoms with E-state index in [0.717, 1.165) is 51.0 Å². The molecule has 0 saturated carbocycles. The van der Waals surface area contributed by atoms with Crippen LogP contribution in [0.2, 0.25) is 0 Å². The van der Waals surface area contributed by atoms with Crippen molar-refractivity contribution in [3.8, 4) is 5.75 Å². The molecular formula is C25H33F2N7O3. The van der Waals surface area contributed by atoms with Crippen LogP contribution in [0.4, 0.5) is 30.9 Å². The molecule has 2 amide bonds. The number of anilines is 3. The summed E-state index contributed by atoms with van der Waals surface area (Å²) in [5, 5.41) is 11.7. The lowest BCUT2D eigenvalue weighted by Crippen LogP contribution is -2.50. The zero-order chi connectivity index (χ0) is 25.6. The Bertz CT molecular complexity index is 1020. The molecule has 4 heterocycles. The first kappa shape index (κ1) is 25.4. The van der Waals surface area contributed by atoms with E-state index in [9.17, 15) is 13.6 Å². The lowest BCUT2D eigenvalue weighted by Gasteiger charge is -2.37. The van der Waals surface area contributed by atoms with Gasteiger partial charge in [-0.05, 0) is 37.1 Å². The minimum atomic E-state index is -2.91. The highest BCUT2D eigenvalue weighted by Gasteiger charge is 2.25. The highest BCUT2D eigenvalue weighted by molar-refractivity contribution is 5.89. The van der Waals surface area contributed by atoms with E-state index in [2.05, 4.69) is 35.0 Å². The van der Waals surface area contributed by atoms with Crippen LogP contribution in [-0.2, 0) is 4.74 Å². The van der Waals surface area contributed by atoms with Gasteiger partial charge >= 0.3 is 12.6 Å². The van der Waals surface area contributed by atoms with E-state index in [1.165, 1.54) is 25.0 Å². The molecule has 0 radical (unpaired) electrons. The summed E-state index contributed by atoms with van der Waals surface area (Å²) >= 11 is 0. The van der Waals surface area contributed by atoms with Gasteiger partial charge in [0.05, 0.1) is 6.10 Å². The van der Waals surface area contributed by atoms with E-state index in [1.807, 2.05) is 12.1 Å². The predicted octanol–water partition coefficient (Wildman–Crippen LogP) is 2.73. The summed E-state index contributed by atoms with van der Waals surface area (Å²) in [4.78, 5) is 21.2. The Labute approximate surface area is 215 Å². The van der Waals surface area contributed by atoms with E-state index < -0.39 is 6.61 Å². The topological polar surface area (TPSA) is 86.3 Å². The van der Waals surface area contributed by atoms with Crippen LogP contribution in [0.3, 0.4) is 0 Å². The number of halogens is 2. The molecule has 37 heavy (non-hydrogen) atoms. The molecule has 1 atom stereocenters. The van der Waals surface area contributed by atoms with Gasteiger partial charge in [-0.25, -0.2) is 4.79 Å². The van der Waals surface area contributed by atoms with Gasteiger partial charge in [-0.3, -0.25) is 4.90 Å². The van der Waals surface area contributed by atoms with Crippen molar-refractivity contribution in [3.63, 3.8) is 0 Å². The Hall–Kier alpha value is -3.25. The maximum Gasteiger partial charge on any atom is 0.387 e. The van der Waals surface area contributed by atoms with Crippen LogP contribution in [0.15, 0.2) is 36.4 Å². The van der Waals surface area contributed by atoms with Crippen molar-refractivity contribution in [3.05, 3.63) is 36.4 Å². The summed E-state index contributed by atoms with van der Waals surface area (Å²) in [6.45, 7) is 5.10. The Morgan fingerprint density at radius 3 is 2.27 bits per heavy atom. The third-order valence-corrected chi connectivity index (χ3v) is 7.02. The number of benzene rings is 1. The molecule has 10 nitrogen and oxygen atoms in total. The van der Waals surface area contributed by atoms with Crippen molar-refractivity contribution < 1.29 is 23.0 Å². The van der Waals surface area contributed by atoms with E-state index in [4.69, 9.17) is 4.74 Å². The third-order valence-electron chi connectivity index (χ3n) is 7.02. The molecule has 0 bridgehead atoms. The maximum absolute atomic E-state index is 12.6. The summed E-state index contributed by atoms with van der Waals surface area (Å²) in [6.07, 6.45) is 2.72. The number of hydrogen-bond donors (Lipinski definition) is 1. The number of nitrogens with zero attached hydrogens (tertiary/aromatic N) is 6. The molecule has 1 unspecified atom stereocenters. The number of piperazine rings is 2. The molecule has 5 rings (SSSR count). The van der Waals surface area contributed by atoms with Crippen LogP contribution in [0.5, 0.6) is 5.75 Å². The van der Waals surface area contributed by atoms with Crippen LogP contribution in [0.25, 0.3) is 0 Å². The standard InChI is InChI=1S/C25H33F2N7O3/c26-24(27)37-20-4-1-3-19(17-20)28-25(35)34-14-12-33(13-15-34)23-7-6-22(29-30-23)32-10-8-31(9-11-32)18-21-5-2-16-36-21/h1,3-4,6-7,17,21,24H,2,5,8-16,18H2,(H,28,35). The number of amides is 2. The molecule has 3 aliphatic rings. The van der Waals surface area contributed by atoms with Crippen LogP contribution in [-0.4, -0.2) is 104 Å². The van der Waals surface area contributed by atoms with Crippen molar-refractivity contribution in [2.75, 3.05) is 80.6 Å².